The number of amides is 1. The Hall–Kier alpha value is -2.92. The number of aromatic nitrogens is 2. The minimum absolute atomic E-state index is 0.206. The summed E-state index contributed by atoms with van der Waals surface area (Å²) in [6, 6.07) is 17.5. The third-order valence-electron chi connectivity index (χ3n) is 5.01. The molecule has 2 aromatic carbocycles. The summed E-state index contributed by atoms with van der Waals surface area (Å²) in [4.78, 5) is 12.8. The fourth-order valence-electron chi connectivity index (χ4n) is 3.55. The van der Waals surface area contributed by atoms with Crippen LogP contribution < -0.4 is 5.32 Å². The van der Waals surface area contributed by atoms with Crippen LogP contribution in [0.4, 0.5) is 0 Å². The normalized spacial score (nSPS) is 18.5. The van der Waals surface area contributed by atoms with Crippen molar-refractivity contribution in [2.45, 2.75) is 32.0 Å². The van der Waals surface area contributed by atoms with Gasteiger partial charge in [0.2, 0.25) is 0 Å². The highest BCUT2D eigenvalue weighted by Crippen LogP contribution is 2.31. The highest BCUT2D eigenvalue weighted by molar-refractivity contribution is 5.95. The quantitative estimate of drug-likeness (QED) is 0.762. The minimum atomic E-state index is -0.601. The van der Waals surface area contributed by atoms with Crippen LogP contribution in [0.5, 0.6) is 0 Å². The molecule has 3 aromatic rings. The number of aliphatic hydroxyl groups is 1. The number of hydrogen-bond acceptors (Lipinski definition) is 3. The van der Waals surface area contributed by atoms with Gasteiger partial charge < -0.3 is 10.4 Å². The topological polar surface area (TPSA) is 67.2 Å². The second kappa shape index (κ2) is 6.77. The maximum absolute atomic E-state index is 12.8. The summed E-state index contributed by atoms with van der Waals surface area (Å²) >= 11 is 0. The second-order valence-corrected chi connectivity index (χ2v) is 6.71. The summed E-state index contributed by atoms with van der Waals surface area (Å²) in [5.74, 6) is -0.206. The first kappa shape index (κ1) is 16.5. The molecule has 0 unspecified atom stereocenters. The molecule has 0 fully saturated rings. The van der Waals surface area contributed by atoms with E-state index in [0.717, 1.165) is 22.4 Å². The molecule has 5 heteroatoms. The van der Waals surface area contributed by atoms with Crippen molar-refractivity contribution in [2.24, 2.45) is 0 Å². The number of aliphatic hydroxyl groups excluding tert-OH is 1. The maximum atomic E-state index is 12.8. The van der Waals surface area contributed by atoms with Gasteiger partial charge in [-0.15, -0.1) is 0 Å². The molecule has 0 aliphatic heterocycles. The molecule has 2 N–H and O–H groups in total. The molecule has 132 valence electrons. The van der Waals surface area contributed by atoms with Crippen LogP contribution in [-0.2, 0) is 13.0 Å². The number of fused-ring (bicyclic) bond motifs is 1. The first-order valence-corrected chi connectivity index (χ1v) is 8.76. The zero-order valence-electron chi connectivity index (χ0n) is 14.6. The summed E-state index contributed by atoms with van der Waals surface area (Å²) in [5.41, 5.74) is 4.56. The molecule has 1 aromatic heterocycles. The standard InChI is InChI=1S/C21H21N3O2/c1-14-18(12-22-24(14)13-15-7-3-2-4-8-15)21(26)23-20-17-10-6-5-9-16(17)11-19(20)25/h2-10,12,19-20,25H,11,13H2,1H3,(H,23,26)/t19-,20+/m0/s1. The highest BCUT2D eigenvalue weighted by Gasteiger charge is 2.32. The first-order valence-electron chi connectivity index (χ1n) is 8.76. The zero-order valence-corrected chi connectivity index (χ0v) is 14.6. The lowest BCUT2D eigenvalue weighted by molar-refractivity contribution is 0.0857. The van der Waals surface area contributed by atoms with Gasteiger partial charge in [-0.1, -0.05) is 54.6 Å². The average molecular weight is 347 g/mol. The van der Waals surface area contributed by atoms with Gasteiger partial charge in [-0.2, -0.15) is 5.10 Å². The third kappa shape index (κ3) is 3.02. The van der Waals surface area contributed by atoms with Crippen molar-refractivity contribution in [3.05, 3.63) is 88.7 Å². The number of nitrogens with one attached hydrogen (secondary N) is 1. The van der Waals surface area contributed by atoms with Crippen LogP contribution in [-0.4, -0.2) is 26.9 Å². The van der Waals surface area contributed by atoms with Gasteiger partial charge in [0, 0.05) is 12.1 Å². The van der Waals surface area contributed by atoms with Crippen LogP contribution in [0.25, 0.3) is 0 Å². The molecular formula is C21H21N3O2. The Morgan fingerprint density at radius 2 is 1.92 bits per heavy atom. The molecular weight excluding hydrogens is 326 g/mol. The molecule has 1 amide bonds. The average Bonchev–Trinajstić information content (AvgIpc) is 3.16. The number of carbonyl (C=O) groups excluding carboxylic acids is 1. The Morgan fingerprint density at radius 1 is 1.19 bits per heavy atom. The van der Waals surface area contributed by atoms with E-state index in [0.29, 0.717) is 18.5 Å². The molecule has 26 heavy (non-hydrogen) atoms. The van der Waals surface area contributed by atoms with Gasteiger partial charge in [-0.3, -0.25) is 9.48 Å². The molecule has 0 bridgehead atoms. The van der Waals surface area contributed by atoms with Crippen LogP contribution in [0.15, 0.2) is 60.8 Å². The number of nitrogens with zero attached hydrogens (tertiary/aromatic N) is 2. The Kier molecular flexibility index (Phi) is 4.31. The van der Waals surface area contributed by atoms with Crippen molar-refractivity contribution in [3.8, 4) is 0 Å². The maximum Gasteiger partial charge on any atom is 0.255 e. The van der Waals surface area contributed by atoms with Crippen LogP contribution in [0, 0.1) is 6.92 Å². The van der Waals surface area contributed by atoms with E-state index in [1.165, 1.54) is 0 Å². The van der Waals surface area contributed by atoms with E-state index in [2.05, 4.69) is 10.4 Å². The molecule has 2 atom stereocenters. The van der Waals surface area contributed by atoms with Gasteiger partial charge in [0.15, 0.2) is 0 Å². The van der Waals surface area contributed by atoms with E-state index in [1.807, 2.05) is 66.2 Å². The van der Waals surface area contributed by atoms with Crippen molar-refractivity contribution in [3.63, 3.8) is 0 Å². The zero-order chi connectivity index (χ0) is 18.1. The summed E-state index contributed by atoms with van der Waals surface area (Å²) in [7, 11) is 0. The molecule has 0 spiro atoms. The number of hydrogen-bond donors (Lipinski definition) is 2. The summed E-state index contributed by atoms with van der Waals surface area (Å²) in [5, 5.41) is 17.7. The monoisotopic (exact) mass is 347 g/mol. The van der Waals surface area contributed by atoms with Gasteiger partial charge in [0.25, 0.3) is 5.91 Å². The van der Waals surface area contributed by atoms with Crippen molar-refractivity contribution in [2.75, 3.05) is 0 Å². The summed E-state index contributed by atoms with van der Waals surface area (Å²) in [6.45, 7) is 2.51. The van der Waals surface area contributed by atoms with E-state index < -0.39 is 6.10 Å². The third-order valence-corrected chi connectivity index (χ3v) is 5.01. The minimum Gasteiger partial charge on any atom is -0.390 e. The van der Waals surface area contributed by atoms with Crippen molar-refractivity contribution in [1.29, 1.82) is 0 Å². The Morgan fingerprint density at radius 3 is 2.73 bits per heavy atom. The van der Waals surface area contributed by atoms with E-state index in [1.54, 1.807) is 6.20 Å². The van der Waals surface area contributed by atoms with Crippen molar-refractivity contribution >= 4 is 5.91 Å². The fraction of sp³-hybridized carbons (Fsp3) is 0.238. The Labute approximate surface area is 152 Å². The Balaban J connectivity index is 1.53. The predicted octanol–water partition coefficient (Wildman–Crippen LogP) is 2.63. The Bertz CT molecular complexity index is 933. The van der Waals surface area contributed by atoms with E-state index >= 15 is 0 Å². The molecule has 1 heterocycles. The largest absolute Gasteiger partial charge is 0.390 e. The van der Waals surface area contributed by atoms with E-state index in [-0.39, 0.29) is 11.9 Å². The summed E-state index contributed by atoms with van der Waals surface area (Å²) < 4.78 is 1.82. The molecule has 1 aliphatic carbocycles. The molecule has 1 aliphatic rings. The van der Waals surface area contributed by atoms with Crippen molar-refractivity contribution < 1.29 is 9.90 Å². The lowest BCUT2D eigenvalue weighted by Crippen LogP contribution is -2.34. The molecule has 0 radical (unpaired) electrons. The highest BCUT2D eigenvalue weighted by atomic mass is 16.3. The van der Waals surface area contributed by atoms with Crippen LogP contribution >= 0.6 is 0 Å². The van der Waals surface area contributed by atoms with E-state index in [4.69, 9.17) is 0 Å². The SMILES string of the molecule is Cc1c(C(=O)N[C@@H]2c3ccccc3C[C@@H]2O)cnn1Cc1ccccc1. The molecule has 0 saturated heterocycles. The van der Waals surface area contributed by atoms with Crippen LogP contribution in [0.3, 0.4) is 0 Å². The fourth-order valence-corrected chi connectivity index (χ4v) is 3.55. The molecule has 0 saturated carbocycles. The van der Waals surface area contributed by atoms with Crippen LogP contribution in [0.1, 0.15) is 38.8 Å². The van der Waals surface area contributed by atoms with Crippen molar-refractivity contribution in [1.82, 2.24) is 15.1 Å². The van der Waals surface area contributed by atoms with Gasteiger partial charge in [0.05, 0.1) is 30.5 Å². The molecule has 4 rings (SSSR count). The first-order chi connectivity index (χ1) is 12.6. The van der Waals surface area contributed by atoms with Crippen LogP contribution in [0.2, 0.25) is 0 Å². The summed E-state index contributed by atoms with van der Waals surface area (Å²) in [6.07, 6.45) is 1.56. The van der Waals surface area contributed by atoms with Gasteiger partial charge >= 0.3 is 0 Å². The second-order valence-electron chi connectivity index (χ2n) is 6.71. The van der Waals surface area contributed by atoms with Gasteiger partial charge in [-0.05, 0) is 23.6 Å². The smallest absolute Gasteiger partial charge is 0.255 e. The number of rotatable bonds is 4. The number of benzene rings is 2. The van der Waals surface area contributed by atoms with Gasteiger partial charge in [-0.25, -0.2) is 0 Å². The van der Waals surface area contributed by atoms with E-state index in [9.17, 15) is 9.90 Å². The number of carbonyl (C=O) groups is 1. The van der Waals surface area contributed by atoms with Gasteiger partial charge in [0.1, 0.15) is 0 Å². The predicted molar refractivity (Wildman–Crippen MR) is 98.9 cm³/mol. The lowest BCUT2D eigenvalue weighted by atomic mass is 10.1. The molecule has 5 nitrogen and oxygen atoms in total. The lowest BCUT2D eigenvalue weighted by Gasteiger charge is -2.18.